The number of anilines is 1. The molecule has 1 N–H and O–H groups in total. The topological polar surface area (TPSA) is 92.8 Å². The number of aryl methyl sites for hydroxylation is 1. The van der Waals surface area contributed by atoms with Gasteiger partial charge < -0.3 is 10.1 Å². The molecule has 0 radical (unpaired) electrons. The molecule has 0 saturated carbocycles. The first-order valence-corrected chi connectivity index (χ1v) is 10.8. The van der Waals surface area contributed by atoms with Gasteiger partial charge in [0, 0.05) is 10.7 Å². The van der Waals surface area contributed by atoms with Crippen molar-refractivity contribution >= 4 is 87.4 Å². The first kappa shape index (κ1) is 24.6. The first-order chi connectivity index (χ1) is 15.0. The summed E-state index contributed by atoms with van der Waals surface area (Å²) in [6.07, 6.45) is 0. The molecule has 7 nitrogen and oxygen atoms in total. The summed E-state index contributed by atoms with van der Waals surface area (Å²) in [5.74, 6) is -3.39. The molecule has 12 heteroatoms. The predicted octanol–water partition coefficient (Wildman–Crippen LogP) is 5.43. The van der Waals surface area contributed by atoms with Crippen LogP contribution in [-0.4, -0.2) is 41.2 Å². The number of hydrogen-bond donors (Lipinski definition) is 1. The van der Waals surface area contributed by atoms with Crippen LogP contribution in [-0.2, 0) is 14.3 Å². The molecular weight excluding hydrogens is 525 g/mol. The molecule has 1 aliphatic heterocycles. The van der Waals surface area contributed by atoms with Crippen LogP contribution in [0, 0.1) is 6.92 Å². The molecule has 2 aromatic rings. The maximum Gasteiger partial charge on any atom is 0.329 e. The monoisotopic (exact) mass is 536 g/mol. The van der Waals surface area contributed by atoms with Crippen molar-refractivity contribution in [3.05, 3.63) is 60.0 Å². The predicted molar refractivity (Wildman–Crippen MR) is 122 cm³/mol. The van der Waals surface area contributed by atoms with Crippen molar-refractivity contribution in [1.29, 1.82) is 0 Å². The molecular formula is C20H13Cl5N2O5. The first-order valence-electron chi connectivity index (χ1n) is 8.92. The summed E-state index contributed by atoms with van der Waals surface area (Å²) in [4.78, 5) is 50.8. The van der Waals surface area contributed by atoms with Crippen LogP contribution in [0.2, 0.25) is 25.1 Å². The highest BCUT2D eigenvalue weighted by Gasteiger charge is 2.45. The van der Waals surface area contributed by atoms with Gasteiger partial charge in [-0.1, -0.05) is 58.0 Å². The van der Waals surface area contributed by atoms with E-state index >= 15 is 0 Å². The number of amides is 3. The van der Waals surface area contributed by atoms with E-state index < -0.39 is 36.3 Å². The highest BCUT2D eigenvalue weighted by atomic mass is 35.5. The molecule has 168 valence electrons. The lowest BCUT2D eigenvalue weighted by atomic mass is 10.1. The van der Waals surface area contributed by atoms with Crippen LogP contribution >= 0.6 is 58.0 Å². The second kappa shape index (κ2) is 9.45. The third kappa shape index (κ3) is 4.40. The molecule has 0 unspecified atom stereocenters. The number of carbonyl (C=O) groups excluding carboxylic acids is 4. The molecule has 0 spiro atoms. The van der Waals surface area contributed by atoms with Gasteiger partial charge in [-0.25, -0.2) is 4.79 Å². The van der Waals surface area contributed by atoms with Crippen LogP contribution < -0.4 is 5.32 Å². The molecule has 0 aromatic heterocycles. The minimum absolute atomic E-state index is 0.190. The van der Waals surface area contributed by atoms with E-state index in [2.05, 4.69) is 5.32 Å². The number of esters is 1. The fraction of sp³-hybridized carbons (Fsp3) is 0.200. The number of benzene rings is 2. The van der Waals surface area contributed by atoms with Crippen LogP contribution in [0.25, 0.3) is 0 Å². The third-order valence-electron chi connectivity index (χ3n) is 4.67. The second-order valence-electron chi connectivity index (χ2n) is 6.78. The summed E-state index contributed by atoms with van der Waals surface area (Å²) >= 11 is 30.0. The van der Waals surface area contributed by atoms with Gasteiger partial charge in [-0.15, -0.1) is 0 Å². The molecule has 1 aliphatic rings. The van der Waals surface area contributed by atoms with Crippen LogP contribution in [0.3, 0.4) is 0 Å². The maximum atomic E-state index is 12.8. The number of hydrogen-bond acceptors (Lipinski definition) is 5. The number of ether oxygens (including phenoxy) is 1. The molecule has 3 amide bonds. The smallest absolute Gasteiger partial charge is 0.329 e. The van der Waals surface area contributed by atoms with Crippen LogP contribution in [0.5, 0.6) is 0 Å². The molecule has 0 saturated heterocycles. The number of halogens is 5. The Balaban J connectivity index is 1.71. The average Bonchev–Trinajstić information content (AvgIpc) is 3.00. The lowest BCUT2D eigenvalue weighted by Crippen LogP contribution is -2.44. The third-order valence-corrected chi connectivity index (χ3v) is 6.71. The van der Waals surface area contributed by atoms with Crippen LogP contribution in [0.4, 0.5) is 5.69 Å². The SMILES string of the molecule is Cc1cc(Cl)ccc1NC(=O)COC(=O)[C@H](C)N1C(=O)c2c(Cl)c(Cl)c(Cl)c(Cl)c2C1=O. The zero-order valence-corrected chi connectivity index (χ0v) is 20.2. The molecule has 3 rings (SSSR count). The van der Waals surface area contributed by atoms with Crippen molar-refractivity contribution in [1.82, 2.24) is 4.90 Å². The zero-order valence-electron chi connectivity index (χ0n) is 16.4. The molecule has 2 aromatic carbocycles. The number of rotatable bonds is 5. The molecule has 1 heterocycles. The van der Waals surface area contributed by atoms with Gasteiger partial charge in [0.25, 0.3) is 17.7 Å². The van der Waals surface area contributed by atoms with Gasteiger partial charge >= 0.3 is 5.97 Å². The summed E-state index contributed by atoms with van der Waals surface area (Å²) < 4.78 is 4.98. The lowest BCUT2D eigenvalue weighted by Gasteiger charge is -2.20. The Morgan fingerprint density at radius 3 is 2.00 bits per heavy atom. The number of carbonyl (C=O) groups is 4. The van der Waals surface area contributed by atoms with Crippen molar-refractivity contribution in [3.8, 4) is 0 Å². The normalized spacial score (nSPS) is 13.8. The highest BCUT2D eigenvalue weighted by Crippen LogP contribution is 2.45. The minimum atomic E-state index is -1.38. The van der Waals surface area contributed by atoms with Crippen molar-refractivity contribution in [2.24, 2.45) is 0 Å². The van der Waals surface area contributed by atoms with Crippen molar-refractivity contribution in [2.75, 3.05) is 11.9 Å². The summed E-state index contributed by atoms with van der Waals surface area (Å²) in [6, 6.07) is 3.47. The number of fused-ring (bicyclic) bond motifs is 1. The number of imide groups is 1. The summed E-state index contributed by atoms with van der Waals surface area (Å²) in [5, 5.41) is 2.19. The second-order valence-corrected chi connectivity index (χ2v) is 8.73. The lowest BCUT2D eigenvalue weighted by molar-refractivity contribution is -0.150. The Bertz CT molecular complexity index is 1140. The number of nitrogens with zero attached hydrogens (tertiary/aromatic N) is 1. The average molecular weight is 539 g/mol. The molecule has 0 fully saturated rings. The minimum Gasteiger partial charge on any atom is -0.454 e. The standard InChI is InChI=1S/C20H13Cl5N2O5/c1-7-5-9(21)3-4-10(7)26-11(28)6-32-20(31)8(2)27-18(29)12-13(19(27)30)15(23)17(25)16(24)14(12)22/h3-5,8H,6H2,1-2H3,(H,26,28)/t8-/m0/s1. The van der Waals surface area contributed by atoms with Gasteiger partial charge in [0.1, 0.15) is 6.04 Å². The zero-order chi connectivity index (χ0) is 23.9. The van der Waals surface area contributed by atoms with Gasteiger partial charge in [0.15, 0.2) is 6.61 Å². The Hall–Kier alpha value is -2.03. The summed E-state index contributed by atoms with van der Waals surface area (Å²) in [5.41, 5.74) is 0.683. The Labute approximate surface area is 207 Å². The summed E-state index contributed by atoms with van der Waals surface area (Å²) in [6.45, 7) is 2.36. The maximum absolute atomic E-state index is 12.8. The van der Waals surface area contributed by atoms with E-state index in [1.807, 2.05) is 0 Å². The number of nitrogens with one attached hydrogen (secondary N) is 1. The van der Waals surface area contributed by atoms with Gasteiger partial charge in [0.05, 0.1) is 31.2 Å². The van der Waals surface area contributed by atoms with E-state index in [4.69, 9.17) is 62.7 Å². The Kier molecular flexibility index (Phi) is 7.27. The van der Waals surface area contributed by atoms with E-state index in [0.717, 1.165) is 0 Å². The van der Waals surface area contributed by atoms with E-state index in [9.17, 15) is 19.2 Å². The van der Waals surface area contributed by atoms with E-state index in [-0.39, 0.29) is 31.2 Å². The van der Waals surface area contributed by atoms with Crippen LogP contribution in [0.1, 0.15) is 33.2 Å². The van der Waals surface area contributed by atoms with E-state index in [1.165, 1.54) is 6.92 Å². The van der Waals surface area contributed by atoms with Crippen molar-refractivity contribution in [3.63, 3.8) is 0 Å². The van der Waals surface area contributed by atoms with Crippen molar-refractivity contribution in [2.45, 2.75) is 19.9 Å². The van der Waals surface area contributed by atoms with E-state index in [0.29, 0.717) is 21.2 Å². The Morgan fingerprint density at radius 2 is 1.50 bits per heavy atom. The summed E-state index contributed by atoms with van der Waals surface area (Å²) in [7, 11) is 0. The van der Waals surface area contributed by atoms with Crippen molar-refractivity contribution < 1.29 is 23.9 Å². The molecule has 1 atom stereocenters. The Morgan fingerprint density at radius 1 is 0.969 bits per heavy atom. The quantitative estimate of drug-likeness (QED) is 0.237. The molecule has 0 bridgehead atoms. The fourth-order valence-electron chi connectivity index (χ4n) is 3.03. The van der Waals surface area contributed by atoms with Gasteiger partial charge in [-0.3, -0.25) is 19.3 Å². The van der Waals surface area contributed by atoms with Gasteiger partial charge in [0.2, 0.25) is 0 Å². The van der Waals surface area contributed by atoms with Gasteiger partial charge in [-0.2, -0.15) is 0 Å². The largest absolute Gasteiger partial charge is 0.454 e. The van der Waals surface area contributed by atoms with Gasteiger partial charge in [-0.05, 0) is 37.6 Å². The molecule has 0 aliphatic carbocycles. The molecule has 32 heavy (non-hydrogen) atoms. The van der Waals surface area contributed by atoms with E-state index in [1.54, 1.807) is 25.1 Å². The highest BCUT2D eigenvalue weighted by molar-refractivity contribution is 6.55. The van der Waals surface area contributed by atoms with Crippen LogP contribution in [0.15, 0.2) is 18.2 Å². The fourth-order valence-corrected chi connectivity index (χ4v) is 4.28.